The summed E-state index contributed by atoms with van der Waals surface area (Å²) in [4.78, 5) is 37.7. The SMILES string of the molecule is CCCC/C=C\CCCCCCC(=O)OCC(COC(=O)CCCCCCCCCCCCCCC)OC(=O)CCCCCCCCCCCCCC. The Morgan fingerprint density at radius 3 is 1.00 bits per heavy atom. The van der Waals surface area contributed by atoms with E-state index in [1.165, 1.54) is 135 Å². The lowest BCUT2D eigenvalue weighted by molar-refractivity contribution is -0.167. The molecule has 0 aromatic rings. The molecule has 0 bridgehead atoms. The summed E-state index contributed by atoms with van der Waals surface area (Å²) in [6.45, 7) is 6.59. The van der Waals surface area contributed by atoms with Gasteiger partial charge in [0.2, 0.25) is 0 Å². The maximum Gasteiger partial charge on any atom is 0.306 e. The van der Waals surface area contributed by atoms with Crippen molar-refractivity contribution in [1.82, 2.24) is 0 Å². The van der Waals surface area contributed by atoms with E-state index in [0.717, 1.165) is 77.0 Å². The van der Waals surface area contributed by atoms with E-state index in [0.29, 0.717) is 19.3 Å². The zero-order chi connectivity index (χ0) is 38.7. The molecular weight excluding hydrogens is 661 g/mol. The molecule has 0 aliphatic carbocycles. The molecule has 0 aliphatic heterocycles. The number of unbranched alkanes of at least 4 members (excludes halogenated alkanes) is 29. The molecule has 6 nitrogen and oxygen atoms in total. The quantitative estimate of drug-likeness (QED) is 0.0268. The van der Waals surface area contributed by atoms with E-state index < -0.39 is 6.10 Å². The Labute approximate surface area is 329 Å². The normalized spacial score (nSPS) is 12.0. The van der Waals surface area contributed by atoms with Gasteiger partial charge in [-0.05, 0) is 38.5 Å². The lowest BCUT2D eigenvalue weighted by atomic mass is 10.0. The summed E-state index contributed by atoms with van der Waals surface area (Å²) >= 11 is 0. The van der Waals surface area contributed by atoms with Gasteiger partial charge in [0.15, 0.2) is 6.10 Å². The highest BCUT2D eigenvalue weighted by Crippen LogP contribution is 2.15. The van der Waals surface area contributed by atoms with Gasteiger partial charge >= 0.3 is 17.9 Å². The van der Waals surface area contributed by atoms with Crippen molar-refractivity contribution in [3.63, 3.8) is 0 Å². The maximum atomic E-state index is 12.7. The minimum absolute atomic E-state index is 0.0689. The molecule has 0 saturated carbocycles. The molecule has 6 heteroatoms. The van der Waals surface area contributed by atoms with Gasteiger partial charge in [-0.2, -0.15) is 0 Å². The first-order valence-corrected chi connectivity index (χ1v) is 23.2. The number of allylic oxidation sites excluding steroid dienone is 2. The molecule has 0 aliphatic rings. The van der Waals surface area contributed by atoms with E-state index in [2.05, 4.69) is 32.9 Å². The smallest absolute Gasteiger partial charge is 0.306 e. The van der Waals surface area contributed by atoms with E-state index >= 15 is 0 Å². The van der Waals surface area contributed by atoms with Crippen molar-refractivity contribution in [2.75, 3.05) is 13.2 Å². The Hall–Kier alpha value is -1.85. The number of ether oxygens (including phenoxy) is 3. The number of carbonyl (C=O) groups excluding carboxylic acids is 3. The molecule has 0 aromatic heterocycles. The van der Waals surface area contributed by atoms with Crippen molar-refractivity contribution < 1.29 is 28.6 Å². The summed E-state index contributed by atoms with van der Waals surface area (Å²) in [6.07, 6.45) is 44.7. The first-order valence-electron chi connectivity index (χ1n) is 23.2. The molecular formula is C47H88O6. The first-order chi connectivity index (χ1) is 26.0. The molecule has 0 amide bonds. The molecule has 0 rings (SSSR count). The fourth-order valence-corrected chi connectivity index (χ4v) is 6.72. The zero-order valence-corrected chi connectivity index (χ0v) is 35.6. The second kappa shape index (κ2) is 42.9. The van der Waals surface area contributed by atoms with Crippen LogP contribution in [0.1, 0.15) is 252 Å². The molecule has 1 atom stereocenters. The van der Waals surface area contributed by atoms with Crippen molar-refractivity contribution in [3.8, 4) is 0 Å². The third-order valence-corrected chi connectivity index (χ3v) is 10.3. The minimum Gasteiger partial charge on any atom is -0.462 e. The molecule has 0 N–H and O–H groups in total. The molecule has 0 spiro atoms. The highest BCUT2D eigenvalue weighted by Gasteiger charge is 2.19. The standard InChI is InChI=1S/C47H88O6/c1-4-7-10-13-16-19-22-24-26-28-31-34-37-40-46(49)52-43-44(42-51-45(48)39-36-33-30-27-21-18-15-12-9-6-3)53-47(50)41-38-35-32-29-25-23-20-17-14-11-8-5-2/h15,18,44H,4-14,16-17,19-43H2,1-3H3/b18-15-. The van der Waals surface area contributed by atoms with Gasteiger partial charge in [-0.3, -0.25) is 14.4 Å². The Morgan fingerprint density at radius 1 is 0.358 bits per heavy atom. The molecule has 0 aromatic carbocycles. The van der Waals surface area contributed by atoms with Gasteiger partial charge in [0.05, 0.1) is 0 Å². The van der Waals surface area contributed by atoms with Crippen LogP contribution in [-0.4, -0.2) is 37.2 Å². The van der Waals surface area contributed by atoms with Crippen LogP contribution in [0.25, 0.3) is 0 Å². The van der Waals surface area contributed by atoms with Crippen LogP contribution < -0.4 is 0 Å². The summed E-state index contributed by atoms with van der Waals surface area (Å²) in [5, 5.41) is 0. The predicted octanol–water partition coefficient (Wildman–Crippen LogP) is 14.6. The van der Waals surface area contributed by atoms with Crippen molar-refractivity contribution in [2.45, 2.75) is 258 Å². The number of rotatable bonds is 42. The van der Waals surface area contributed by atoms with Crippen molar-refractivity contribution >= 4 is 17.9 Å². The number of hydrogen-bond donors (Lipinski definition) is 0. The second-order valence-electron chi connectivity index (χ2n) is 15.7. The largest absolute Gasteiger partial charge is 0.462 e. The van der Waals surface area contributed by atoms with Gasteiger partial charge in [-0.15, -0.1) is 0 Å². The van der Waals surface area contributed by atoms with Crippen LogP contribution in [0.3, 0.4) is 0 Å². The van der Waals surface area contributed by atoms with Crippen LogP contribution in [0.4, 0.5) is 0 Å². The number of hydrogen-bond acceptors (Lipinski definition) is 6. The Bertz CT molecular complexity index is 824. The van der Waals surface area contributed by atoms with Gasteiger partial charge < -0.3 is 14.2 Å². The van der Waals surface area contributed by atoms with Crippen LogP contribution in [0.15, 0.2) is 12.2 Å². The third kappa shape index (κ3) is 41.2. The highest BCUT2D eigenvalue weighted by molar-refractivity contribution is 5.71. The molecule has 0 heterocycles. The van der Waals surface area contributed by atoms with Crippen LogP contribution in [-0.2, 0) is 28.6 Å². The van der Waals surface area contributed by atoms with Gasteiger partial charge in [0, 0.05) is 19.3 Å². The van der Waals surface area contributed by atoms with Crippen LogP contribution in [0, 0.1) is 0 Å². The fraction of sp³-hybridized carbons (Fsp3) is 0.894. The van der Waals surface area contributed by atoms with Gasteiger partial charge in [0.1, 0.15) is 13.2 Å². The predicted molar refractivity (Wildman–Crippen MR) is 224 cm³/mol. The van der Waals surface area contributed by atoms with E-state index in [9.17, 15) is 14.4 Å². The van der Waals surface area contributed by atoms with E-state index in [1.54, 1.807) is 0 Å². The summed E-state index contributed by atoms with van der Waals surface area (Å²) < 4.78 is 16.7. The fourth-order valence-electron chi connectivity index (χ4n) is 6.72. The Balaban J connectivity index is 4.33. The van der Waals surface area contributed by atoms with E-state index in [4.69, 9.17) is 14.2 Å². The minimum atomic E-state index is -0.765. The van der Waals surface area contributed by atoms with Crippen molar-refractivity contribution in [3.05, 3.63) is 12.2 Å². The topological polar surface area (TPSA) is 78.9 Å². The molecule has 0 radical (unpaired) electrons. The summed E-state index contributed by atoms with van der Waals surface area (Å²) in [6, 6.07) is 0. The summed E-state index contributed by atoms with van der Waals surface area (Å²) in [5.41, 5.74) is 0. The number of esters is 3. The average molecular weight is 749 g/mol. The van der Waals surface area contributed by atoms with Crippen LogP contribution in [0.5, 0.6) is 0 Å². The summed E-state index contributed by atoms with van der Waals surface area (Å²) in [7, 11) is 0. The average Bonchev–Trinajstić information content (AvgIpc) is 3.15. The monoisotopic (exact) mass is 749 g/mol. The van der Waals surface area contributed by atoms with Crippen molar-refractivity contribution in [2.24, 2.45) is 0 Å². The lowest BCUT2D eigenvalue weighted by Gasteiger charge is -2.18. The molecule has 1 unspecified atom stereocenters. The van der Waals surface area contributed by atoms with Gasteiger partial charge in [0.25, 0.3) is 0 Å². The lowest BCUT2D eigenvalue weighted by Crippen LogP contribution is -2.30. The van der Waals surface area contributed by atoms with E-state index in [-0.39, 0.29) is 31.1 Å². The second-order valence-corrected chi connectivity index (χ2v) is 15.7. The molecule has 0 fully saturated rings. The first kappa shape index (κ1) is 51.1. The van der Waals surface area contributed by atoms with Crippen molar-refractivity contribution in [1.29, 1.82) is 0 Å². The zero-order valence-electron chi connectivity index (χ0n) is 35.6. The van der Waals surface area contributed by atoms with E-state index in [1.807, 2.05) is 0 Å². The molecule has 312 valence electrons. The third-order valence-electron chi connectivity index (χ3n) is 10.3. The Kier molecular flexibility index (Phi) is 41.4. The Morgan fingerprint density at radius 2 is 0.642 bits per heavy atom. The molecule has 53 heavy (non-hydrogen) atoms. The van der Waals surface area contributed by atoms with Crippen LogP contribution in [0.2, 0.25) is 0 Å². The maximum absolute atomic E-state index is 12.7. The van der Waals surface area contributed by atoms with Gasteiger partial charge in [-0.25, -0.2) is 0 Å². The number of carbonyl (C=O) groups is 3. The van der Waals surface area contributed by atoms with Gasteiger partial charge in [-0.1, -0.05) is 206 Å². The van der Waals surface area contributed by atoms with Crippen LogP contribution >= 0.6 is 0 Å². The summed E-state index contributed by atoms with van der Waals surface area (Å²) in [5.74, 6) is -0.874. The molecule has 0 saturated heterocycles. The highest BCUT2D eigenvalue weighted by atomic mass is 16.6.